The summed E-state index contributed by atoms with van der Waals surface area (Å²) in [4.78, 5) is 29.4. The van der Waals surface area contributed by atoms with Crippen LogP contribution < -0.4 is 0 Å². The van der Waals surface area contributed by atoms with Gasteiger partial charge in [-0.3, -0.25) is 9.59 Å². The molecule has 4 rings (SSSR count). The van der Waals surface area contributed by atoms with Gasteiger partial charge in [-0.25, -0.2) is 8.78 Å². The van der Waals surface area contributed by atoms with Crippen molar-refractivity contribution in [2.45, 2.75) is 32.7 Å². The van der Waals surface area contributed by atoms with Gasteiger partial charge < -0.3 is 14.2 Å². The van der Waals surface area contributed by atoms with Gasteiger partial charge >= 0.3 is 0 Å². The number of likely N-dealkylation sites (tertiary alicyclic amines) is 2. The standard InChI is InChI=1S/C21H22F2N2O3/c1-14-16(5-10-28-14)19(26)25-9-7-21(13-25)6-2-8-24(20(21)27)12-15-3-4-17(22)18(23)11-15/h3-5,10-11H,2,6-9,12-13H2,1H3/t21-/m0/s1. The van der Waals surface area contributed by atoms with Crippen molar-refractivity contribution in [3.05, 3.63) is 59.1 Å². The summed E-state index contributed by atoms with van der Waals surface area (Å²) >= 11 is 0. The zero-order chi connectivity index (χ0) is 19.9. The van der Waals surface area contributed by atoms with E-state index in [1.165, 1.54) is 12.3 Å². The number of aryl methyl sites for hydroxylation is 1. The van der Waals surface area contributed by atoms with Crippen molar-refractivity contribution in [1.82, 2.24) is 9.80 Å². The Bertz CT molecular complexity index is 926. The Morgan fingerprint density at radius 3 is 2.71 bits per heavy atom. The number of carbonyl (C=O) groups excluding carboxylic acids is 2. The van der Waals surface area contributed by atoms with Gasteiger partial charge in [-0.1, -0.05) is 6.07 Å². The molecule has 1 spiro atoms. The first-order valence-corrected chi connectivity index (χ1v) is 9.46. The van der Waals surface area contributed by atoms with Crippen LogP contribution in [0.4, 0.5) is 8.78 Å². The first-order valence-electron chi connectivity index (χ1n) is 9.46. The van der Waals surface area contributed by atoms with Crippen LogP contribution in [0, 0.1) is 24.0 Å². The topological polar surface area (TPSA) is 53.8 Å². The van der Waals surface area contributed by atoms with E-state index in [1.807, 2.05) is 0 Å². The highest BCUT2D eigenvalue weighted by molar-refractivity contribution is 5.96. The van der Waals surface area contributed by atoms with E-state index in [2.05, 4.69) is 0 Å². The van der Waals surface area contributed by atoms with Gasteiger partial charge in [0.25, 0.3) is 5.91 Å². The van der Waals surface area contributed by atoms with Crippen LogP contribution in [0.1, 0.15) is 40.9 Å². The molecule has 0 radical (unpaired) electrons. The Morgan fingerprint density at radius 1 is 1.18 bits per heavy atom. The molecular formula is C21H22F2N2O3. The molecule has 2 aliphatic rings. The SMILES string of the molecule is Cc1occc1C(=O)N1CC[C@@]2(CCCN(Cc3ccc(F)c(F)c3)C2=O)C1. The number of furan rings is 1. The Labute approximate surface area is 161 Å². The second-order valence-corrected chi connectivity index (χ2v) is 7.73. The van der Waals surface area contributed by atoms with Gasteiger partial charge in [-0.15, -0.1) is 0 Å². The Kier molecular flexibility index (Phi) is 4.69. The largest absolute Gasteiger partial charge is 0.469 e. The van der Waals surface area contributed by atoms with Gasteiger partial charge in [0, 0.05) is 26.2 Å². The van der Waals surface area contributed by atoms with Gasteiger partial charge in [0.1, 0.15) is 5.76 Å². The molecule has 2 fully saturated rings. The summed E-state index contributed by atoms with van der Waals surface area (Å²) in [7, 11) is 0. The first kappa shape index (κ1) is 18.7. The van der Waals surface area contributed by atoms with Gasteiger partial charge in [-0.2, -0.15) is 0 Å². The molecule has 2 saturated heterocycles. The van der Waals surface area contributed by atoms with Crippen molar-refractivity contribution >= 4 is 11.8 Å². The van der Waals surface area contributed by atoms with Crippen LogP contribution in [0.3, 0.4) is 0 Å². The lowest BCUT2D eigenvalue weighted by atomic mass is 9.78. The number of piperidine rings is 1. The lowest BCUT2D eigenvalue weighted by molar-refractivity contribution is -0.146. The van der Waals surface area contributed by atoms with Gasteiger partial charge in [0.2, 0.25) is 5.91 Å². The smallest absolute Gasteiger partial charge is 0.257 e. The van der Waals surface area contributed by atoms with Crippen LogP contribution in [0.15, 0.2) is 34.9 Å². The van der Waals surface area contributed by atoms with Crippen molar-refractivity contribution in [2.24, 2.45) is 5.41 Å². The molecule has 7 heteroatoms. The highest BCUT2D eigenvalue weighted by Crippen LogP contribution is 2.41. The van der Waals surface area contributed by atoms with Crippen molar-refractivity contribution in [2.75, 3.05) is 19.6 Å². The number of benzene rings is 1. The van der Waals surface area contributed by atoms with Crippen molar-refractivity contribution in [3.8, 4) is 0 Å². The van der Waals surface area contributed by atoms with E-state index in [-0.39, 0.29) is 18.4 Å². The summed E-state index contributed by atoms with van der Waals surface area (Å²) in [5.41, 5.74) is 0.493. The second-order valence-electron chi connectivity index (χ2n) is 7.73. The first-order chi connectivity index (χ1) is 13.4. The number of amides is 2. The average Bonchev–Trinajstić information content (AvgIpc) is 3.29. The lowest BCUT2D eigenvalue weighted by Crippen LogP contribution is -2.50. The molecule has 0 bridgehead atoms. The zero-order valence-corrected chi connectivity index (χ0v) is 15.7. The monoisotopic (exact) mass is 388 g/mol. The van der Waals surface area contributed by atoms with Crippen LogP contribution in [-0.4, -0.2) is 41.2 Å². The Balaban J connectivity index is 1.49. The number of halogens is 2. The molecule has 148 valence electrons. The maximum atomic E-state index is 13.5. The third-order valence-electron chi connectivity index (χ3n) is 5.91. The fraction of sp³-hybridized carbons (Fsp3) is 0.429. The summed E-state index contributed by atoms with van der Waals surface area (Å²) in [6, 6.07) is 5.37. The Morgan fingerprint density at radius 2 is 2.00 bits per heavy atom. The van der Waals surface area contributed by atoms with E-state index in [4.69, 9.17) is 4.42 Å². The van der Waals surface area contributed by atoms with Gasteiger partial charge in [0.05, 0.1) is 17.2 Å². The molecule has 3 heterocycles. The summed E-state index contributed by atoms with van der Waals surface area (Å²) in [6.07, 6.45) is 3.66. The molecule has 28 heavy (non-hydrogen) atoms. The molecule has 0 N–H and O–H groups in total. The van der Waals surface area contributed by atoms with E-state index in [1.54, 1.807) is 22.8 Å². The molecule has 0 saturated carbocycles. The van der Waals surface area contributed by atoms with Crippen molar-refractivity contribution < 1.29 is 22.8 Å². The molecule has 2 amide bonds. The molecule has 1 aromatic carbocycles. The Hall–Kier alpha value is -2.70. The number of carbonyl (C=O) groups is 2. The predicted octanol–water partition coefficient (Wildman–Crippen LogP) is 3.52. The molecule has 1 aromatic heterocycles. The van der Waals surface area contributed by atoms with Crippen LogP contribution in [0.2, 0.25) is 0 Å². The van der Waals surface area contributed by atoms with Crippen LogP contribution in [0.25, 0.3) is 0 Å². The van der Waals surface area contributed by atoms with E-state index < -0.39 is 17.0 Å². The average molecular weight is 388 g/mol. The van der Waals surface area contributed by atoms with Crippen LogP contribution in [-0.2, 0) is 11.3 Å². The van der Waals surface area contributed by atoms with Gasteiger partial charge in [-0.05, 0) is 49.9 Å². The minimum Gasteiger partial charge on any atom is -0.469 e. The van der Waals surface area contributed by atoms with E-state index in [9.17, 15) is 18.4 Å². The zero-order valence-electron chi connectivity index (χ0n) is 15.7. The summed E-state index contributed by atoms with van der Waals surface area (Å²) < 4.78 is 31.9. The maximum Gasteiger partial charge on any atom is 0.257 e. The molecule has 2 aliphatic heterocycles. The molecular weight excluding hydrogens is 366 g/mol. The highest BCUT2D eigenvalue weighted by atomic mass is 19.2. The third kappa shape index (κ3) is 3.19. The minimum atomic E-state index is -0.912. The normalized spacial score (nSPS) is 22.3. The fourth-order valence-corrected chi connectivity index (χ4v) is 4.36. The highest BCUT2D eigenvalue weighted by Gasteiger charge is 2.49. The van der Waals surface area contributed by atoms with E-state index in [0.29, 0.717) is 42.9 Å². The maximum absolute atomic E-state index is 13.5. The number of nitrogens with zero attached hydrogens (tertiary/aromatic N) is 2. The van der Waals surface area contributed by atoms with Gasteiger partial charge in [0.15, 0.2) is 11.6 Å². The van der Waals surface area contributed by atoms with Crippen molar-refractivity contribution in [1.29, 1.82) is 0 Å². The van der Waals surface area contributed by atoms with E-state index in [0.717, 1.165) is 25.0 Å². The third-order valence-corrected chi connectivity index (χ3v) is 5.91. The molecule has 5 nitrogen and oxygen atoms in total. The summed E-state index contributed by atoms with van der Waals surface area (Å²) in [5, 5.41) is 0. The fourth-order valence-electron chi connectivity index (χ4n) is 4.36. The second kappa shape index (κ2) is 7.04. The summed E-state index contributed by atoms with van der Waals surface area (Å²) in [6.45, 7) is 3.47. The van der Waals surface area contributed by atoms with Crippen LogP contribution in [0.5, 0.6) is 0 Å². The van der Waals surface area contributed by atoms with Crippen molar-refractivity contribution in [3.63, 3.8) is 0 Å². The minimum absolute atomic E-state index is 0.0114. The molecule has 0 unspecified atom stereocenters. The number of rotatable bonds is 3. The number of hydrogen-bond donors (Lipinski definition) is 0. The quantitative estimate of drug-likeness (QED) is 0.809. The lowest BCUT2D eigenvalue weighted by Gasteiger charge is -2.39. The summed E-state index contributed by atoms with van der Waals surface area (Å²) in [5.74, 6) is -1.37. The number of hydrogen-bond acceptors (Lipinski definition) is 3. The molecule has 0 aliphatic carbocycles. The molecule has 2 aromatic rings. The van der Waals surface area contributed by atoms with E-state index >= 15 is 0 Å². The van der Waals surface area contributed by atoms with Crippen LogP contribution >= 0.6 is 0 Å². The molecule has 1 atom stereocenters. The predicted molar refractivity (Wildman–Crippen MR) is 97.4 cm³/mol.